The van der Waals surface area contributed by atoms with Gasteiger partial charge in [-0.25, -0.2) is 0 Å². The van der Waals surface area contributed by atoms with E-state index in [2.05, 4.69) is 58.8 Å². The molecule has 110 valence electrons. The molecule has 18 heavy (non-hydrogen) atoms. The van der Waals surface area contributed by atoms with Crippen LogP contribution in [0.1, 0.15) is 67.2 Å². The molecule has 1 atom stereocenters. The molecule has 1 N–H and O–H groups in total. The maximum atomic E-state index is 3.71. The molecule has 2 nitrogen and oxygen atoms in total. The fourth-order valence-electron chi connectivity index (χ4n) is 2.59. The first kappa shape index (κ1) is 17.9. The van der Waals surface area contributed by atoms with Gasteiger partial charge in [0.25, 0.3) is 0 Å². The van der Waals surface area contributed by atoms with Crippen molar-refractivity contribution in [2.75, 3.05) is 20.1 Å². The third-order valence-corrected chi connectivity index (χ3v) is 4.02. The Labute approximate surface area is 116 Å². The van der Waals surface area contributed by atoms with Crippen LogP contribution in [-0.2, 0) is 0 Å². The van der Waals surface area contributed by atoms with Gasteiger partial charge in [-0.05, 0) is 51.2 Å². The summed E-state index contributed by atoms with van der Waals surface area (Å²) in [7, 11) is 2.28. The number of nitrogens with one attached hydrogen (secondary N) is 1. The molecular weight excluding hydrogens is 220 g/mol. The molecule has 0 aromatic rings. The van der Waals surface area contributed by atoms with Crippen LogP contribution in [0.4, 0.5) is 0 Å². The lowest BCUT2D eigenvalue weighted by molar-refractivity contribution is 0.184. The van der Waals surface area contributed by atoms with Gasteiger partial charge in [0, 0.05) is 12.1 Å². The van der Waals surface area contributed by atoms with Gasteiger partial charge in [0.15, 0.2) is 0 Å². The third kappa shape index (κ3) is 6.75. The van der Waals surface area contributed by atoms with E-state index >= 15 is 0 Å². The second kappa shape index (κ2) is 8.92. The lowest BCUT2D eigenvalue weighted by Crippen LogP contribution is -2.44. The van der Waals surface area contributed by atoms with Gasteiger partial charge in [0.1, 0.15) is 0 Å². The van der Waals surface area contributed by atoms with Crippen LogP contribution in [0, 0.1) is 5.41 Å². The lowest BCUT2D eigenvalue weighted by atomic mass is 9.84. The summed E-state index contributed by atoms with van der Waals surface area (Å²) >= 11 is 0. The van der Waals surface area contributed by atoms with Crippen LogP contribution in [0.3, 0.4) is 0 Å². The average Bonchev–Trinajstić information content (AvgIpc) is 2.29. The summed E-state index contributed by atoms with van der Waals surface area (Å²) in [5.41, 5.74) is 0.351. The van der Waals surface area contributed by atoms with Crippen molar-refractivity contribution in [2.45, 2.75) is 79.3 Å². The highest BCUT2D eigenvalue weighted by atomic mass is 15.1. The van der Waals surface area contributed by atoms with Gasteiger partial charge >= 0.3 is 0 Å². The van der Waals surface area contributed by atoms with Crippen LogP contribution in [0.15, 0.2) is 0 Å². The lowest BCUT2D eigenvalue weighted by Gasteiger charge is -2.34. The van der Waals surface area contributed by atoms with Crippen LogP contribution < -0.4 is 5.32 Å². The van der Waals surface area contributed by atoms with Crippen molar-refractivity contribution < 1.29 is 0 Å². The Kier molecular flexibility index (Phi) is 8.89. The zero-order valence-electron chi connectivity index (χ0n) is 13.8. The molecule has 0 aliphatic heterocycles. The standard InChI is InChI=1S/C16H36N2/c1-8-12-17-15(16(4,5)6)11-13-18(7)14(9-2)10-3/h14-15,17H,8-13H2,1-7H3. The summed E-state index contributed by atoms with van der Waals surface area (Å²) < 4.78 is 0. The van der Waals surface area contributed by atoms with Crippen LogP contribution in [0.2, 0.25) is 0 Å². The van der Waals surface area contributed by atoms with Crippen molar-refractivity contribution in [3.63, 3.8) is 0 Å². The van der Waals surface area contributed by atoms with Crippen molar-refractivity contribution in [1.82, 2.24) is 10.2 Å². The third-order valence-electron chi connectivity index (χ3n) is 4.02. The molecule has 0 saturated carbocycles. The maximum absolute atomic E-state index is 3.71. The second-order valence-electron chi connectivity index (χ2n) is 6.61. The molecule has 0 amide bonds. The predicted molar refractivity (Wildman–Crippen MR) is 83.2 cm³/mol. The fraction of sp³-hybridized carbons (Fsp3) is 1.00. The summed E-state index contributed by atoms with van der Waals surface area (Å²) in [4.78, 5) is 2.53. The number of nitrogens with zero attached hydrogens (tertiary/aromatic N) is 1. The molecule has 0 fully saturated rings. The van der Waals surface area contributed by atoms with E-state index in [1.54, 1.807) is 0 Å². The van der Waals surface area contributed by atoms with Crippen molar-refractivity contribution in [3.8, 4) is 0 Å². The van der Waals surface area contributed by atoms with E-state index in [1.165, 1.54) is 32.2 Å². The second-order valence-corrected chi connectivity index (χ2v) is 6.61. The van der Waals surface area contributed by atoms with Gasteiger partial charge in [-0.3, -0.25) is 0 Å². The fourth-order valence-corrected chi connectivity index (χ4v) is 2.59. The molecule has 0 saturated heterocycles. The minimum absolute atomic E-state index is 0.351. The van der Waals surface area contributed by atoms with E-state index < -0.39 is 0 Å². The summed E-state index contributed by atoms with van der Waals surface area (Å²) in [5.74, 6) is 0. The first-order valence-corrected chi connectivity index (χ1v) is 7.80. The molecule has 0 aliphatic carbocycles. The van der Waals surface area contributed by atoms with E-state index in [4.69, 9.17) is 0 Å². The number of hydrogen-bond donors (Lipinski definition) is 1. The SMILES string of the molecule is CCCNC(CCN(C)C(CC)CC)C(C)(C)C. The van der Waals surface area contributed by atoms with Crippen molar-refractivity contribution in [1.29, 1.82) is 0 Å². The zero-order valence-corrected chi connectivity index (χ0v) is 13.8. The monoisotopic (exact) mass is 256 g/mol. The molecule has 2 heteroatoms. The van der Waals surface area contributed by atoms with Crippen molar-refractivity contribution in [3.05, 3.63) is 0 Å². The summed E-state index contributed by atoms with van der Waals surface area (Å²) in [6, 6.07) is 1.37. The Hall–Kier alpha value is -0.0800. The molecule has 0 rings (SSSR count). The first-order chi connectivity index (χ1) is 8.36. The highest BCUT2D eigenvalue weighted by Crippen LogP contribution is 2.22. The number of rotatable bonds is 9. The summed E-state index contributed by atoms with van der Waals surface area (Å²) in [6.07, 6.45) is 4.98. The van der Waals surface area contributed by atoms with Crippen LogP contribution in [-0.4, -0.2) is 37.1 Å². The van der Waals surface area contributed by atoms with E-state index in [0.29, 0.717) is 11.5 Å². The van der Waals surface area contributed by atoms with Gasteiger partial charge in [0.05, 0.1) is 0 Å². The number of hydrogen-bond acceptors (Lipinski definition) is 2. The summed E-state index contributed by atoms with van der Waals surface area (Å²) in [5, 5.41) is 3.71. The Morgan fingerprint density at radius 3 is 2.00 bits per heavy atom. The maximum Gasteiger partial charge on any atom is 0.0128 e. The molecule has 0 radical (unpaired) electrons. The van der Waals surface area contributed by atoms with E-state index in [-0.39, 0.29) is 0 Å². The first-order valence-electron chi connectivity index (χ1n) is 7.80. The summed E-state index contributed by atoms with van der Waals surface area (Å²) in [6.45, 7) is 16.2. The molecule has 0 aromatic heterocycles. The molecule has 0 aromatic carbocycles. The Balaban J connectivity index is 4.25. The van der Waals surface area contributed by atoms with Crippen LogP contribution in [0.25, 0.3) is 0 Å². The van der Waals surface area contributed by atoms with Crippen LogP contribution >= 0.6 is 0 Å². The molecule has 0 heterocycles. The average molecular weight is 256 g/mol. The van der Waals surface area contributed by atoms with E-state index in [0.717, 1.165) is 12.6 Å². The van der Waals surface area contributed by atoms with Crippen molar-refractivity contribution in [2.24, 2.45) is 5.41 Å². The van der Waals surface area contributed by atoms with Gasteiger partial charge in [-0.2, -0.15) is 0 Å². The van der Waals surface area contributed by atoms with Gasteiger partial charge in [-0.1, -0.05) is 41.5 Å². The Morgan fingerprint density at radius 1 is 1.06 bits per heavy atom. The van der Waals surface area contributed by atoms with Gasteiger partial charge in [-0.15, -0.1) is 0 Å². The smallest absolute Gasteiger partial charge is 0.0128 e. The molecular formula is C16H36N2. The molecule has 0 spiro atoms. The van der Waals surface area contributed by atoms with E-state index in [9.17, 15) is 0 Å². The predicted octanol–water partition coefficient (Wildman–Crippen LogP) is 3.91. The van der Waals surface area contributed by atoms with Crippen LogP contribution in [0.5, 0.6) is 0 Å². The highest BCUT2D eigenvalue weighted by molar-refractivity contribution is 4.81. The topological polar surface area (TPSA) is 15.3 Å². The quantitative estimate of drug-likeness (QED) is 0.673. The minimum atomic E-state index is 0.351. The largest absolute Gasteiger partial charge is 0.313 e. The molecule has 0 bridgehead atoms. The molecule has 0 aliphatic rings. The normalized spacial score (nSPS) is 14.5. The Morgan fingerprint density at radius 2 is 1.61 bits per heavy atom. The Bertz CT molecular complexity index is 192. The molecule has 1 unspecified atom stereocenters. The zero-order chi connectivity index (χ0) is 14.2. The van der Waals surface area contributed by atoms with E-state index in [1.807, 2.05) is 0 Å². The van der Waals surface area contributed by atoms with Crippen molar-refractivity contribution >= 4 is 0 Å². The van der Waals surface area contributed by atoms with Gasteiger partial charge in [0.2, 0.25) is 0 Å². The van der Waals surface area contributed by atoms with Gasteiger partial charge < -0.3 is 10.2 Å². The highest BCUT2D eigenvalue weighted by Gasteiger charge is 2.24. The minimum Gasteiger partial charge on any atom is -0.313 e.